The van der Waals surface area contributed by atoms with Crippen LogP contribution in [-0.2, 0) is 0 Å². The average Bonchev–Trinajstić information content (AvgIpc) is 3.57. The fraction of sp³-hybridized carbons (Fsp3) is 0.480. The number of carboxylic acid groups (broad SMARTS) is 1. The number of aromatic nitrogens is 3. The number of anilines is 1. The van der Waals surface area contributed by atoms with Crippen molar-refractivity contribution in [3.63, 3.8) is 0 Å². The van der Waals surface area contributed by atoms with Crippen molar-refractivity contribution in [2.45, 2.75) is 70.9 Å². The first kappa shape index (κ1) is 24.7. The topological polar surface area (TPSA) is 74.5 Å². The minimum atomic E-state index is -2.77. The predicted molar refractivity (Wildman–Crippen MR) is 131 cm³/mol. The quantitative estimate of drug-likeness (QED) is 0.401. The minimum absolute atomic E-state index is 0.0293. The molecule has 1 N–H and O–H groups in total. The van der Waals surface area contributed by atoms with Crippen LogP contribution in [0.2, 0.25) is 5.02 Å². The van der Waals surface area contributed by atoms with Crippen molar-refractivity contribution in [2.24, 2.45) is 5.41 Å². The van der Waals surface area contributed by atoms with E-state index in [1.54, 1.807) is 18.2 Å². The minimum Gasteiger partial charge on any atom is -0.465 e. The van der Waals surface area contributed by atoms with Crippen LogP contribution in [0.4, 0.5) is 23.8 Å². The molecule has 0 spiro atoms. The van der Waals surface area contributed by atoms with E-state index in [4.69, 9.17) is 11.6 Å². The molecule has 1 aliphatic heterocycles. The second-order valence-electron chi connectivity index (χ2n) is 10.5. The Morgan fingerprint density at radius 2 is 1.89 bits per heavy atom. The smallest absolute Gasteiger partial charge is 0.412 e. The van der Waals surface area contributed by atoms with Gasteiger partial charge in [0, 0.05) is 22.3 Å². The molecule has 2 aliphatic rings. The van der Waals surface area contributed by atoms with E-state index in [-0.39, 0.29) is 16.6 Å². The van der Waals surface area contributed by atoms with E-state index in [0.717, 1.165) is 29.0 Å². The van der Waals surface area contributed by atoms with Crippen LogP contribution in [0.15, 0.2) is 36.8 Å². The van der Waals surface area contributed by atoms with Gasteiger partial charge in [-0.15, -0.1) is 0 Å². The first-order valence-electron chi connectivity index (χ1n) is 11.8. The van der Waals surface area contributed by atoms with Crippen molar-refractivity contribution in [1.29, 1.82) is 0 Å². The summed E-state index contributed by atoms with van der Waals surface area (Å²) in [5.74, 6) is -2.57. The Bertz CT molecular complexity index is 1340. The molecule has 1 saturated heterocycles. The second kappa shape index (κ2) is 8.26. The van der Waals surface area contributed by atoms with Gasteiger partial charge in [-0.25, -0.2) is 32.8 Å². The van der Waals surface area contributed by atoms with E-state index >= 15 is 13.2 Å². The van der Waals surface area contributed by atoms with Gasteiger partial charge in [0.15, 0.2) is 0 Å². The zero-order chi connectivity index (χ0) is 26.2. The maximum atomic E-state index is 16.8. The highest BCUT2D eigenvalue weighted by atomic mass is 35.5. The van der Waals surface area contributed by atoms with Gasteiger partial charge in [0.25, 0.3) is 0 Å². The monoisotopic (exact) mass is 521 g/mol. The number of alkyl halides is 3. The number of rotatable bonds is 3. The summed E-state index contributed by atoms with van der Waals surface area (Å²) in [4.78, 5) is 21.6. The number of nitrogens with zero attached hydrogens (tertiary/aromatic N) is 5. The van der Waals surface area contributed by atoms with Crippen LogP contribution in [0.1, 0.15) is 52.0 Å². The zero-order valence-corrected chi connectivity index (χ0v) is 21.0. The van der Waals surface area contributed by atoms with Crippen molar-refractivity contribution in [1.82, 2.24) is 19.4 Å². The Kier molecular flexibility index (Phi) is 5.66. The van der Waals surface area contributed by atoms with Gasteiger partial charge in [0.05, 0.1) is 11.4 Å². The molecule has 4 unspecified atom stereocenters. The van der Waals surface area contributed by atoms with Crippen LogP contribution in [0.3, 0.4) is 0 Å². The molecule has 2 aromatic heterocycles. The van der Waals surface area contributed by atoms with Crippen molar-refractivity contribution in [3.05, 3.63) is 47.4 Å². The summed E-state index contributed by atoms with van der Waals surface area (Å²) >= 11 is 6.21. The molecule has 3 heterocycles. The molecule has 1 aromatic carbocycles. The third-order valence-corrected chi connectivity index (χ3v) is 7.49. The molecule has 36 heavy (non-hydrogen) atoms. The molecule has 7 nitrogen and oxygen atoms in total. The highest BCUT2D eigenvalue weighted by Gasteiger charge is 2.65. The molecule has 4 atom stereocenters. The van der Waals surface area contributed by atoms with E-state index < -0.39 is 35.9 Å². The molecule has 0 bridgehead atoms. The van der Waals surface area contributed by atoms with Gasteiger partial charge in [0.2, 0.25) is 18.4 Å². The molecular weight excluding hydrogens is 495 g/mol. The number of piperazine rings is 1. The molecule has 1 saturated carbocycles. The molecule has 11 heteroatoms. The van der Waals surface area contributed by atoms with Gasteiger partial charge in [0.1, 0.15) is 17.8 Å². The maximum absolute atomic E-state index is 16.8. The number of hydrogen-bond acceptors (Lipinski definition) is 4. The van der Waals surface area contributed by atoms with E-state index in [2.05, 4.69) is 9.97 Å². The predicted octanol–water partition coefficient (Wildman–Crippen LogP) is 6.44. The lowest BCUT2D eigenvalue weighted by molar-refractivity contribution is -0.193. The van der Waals surface area contributed by atoms with Crippen molar-refractivity contribution in [2.75, 3.05) is 4.90 Å². The SMILES string of the molecule is CC1N(c2ncnc3c2c(C2CC2)cn3-c2cccc(Cl)c2)C(F)C(F)N(C(=O)O)C1(F)C(C)(C)C. The van der Waals surface area contributed by atoms with E-state index in [1.165, 1.54) is 34.0 Å². The average molecular weight is 522 g/mol. The van der Waals surface area contributed by atoms with Crippen molar-refractivity contribution >= 4 is 34.5 Å². The van der Waals surface area contributed by atoms with Crippen LogP contribution in [0.5, 0.6) is 0 Å². The standard InChI is InChI=1S/C25H27ClF3N5O2/c1-13-25(29,24(2,3)4)34(23(35)36)20(28)19(27)33(13)22-18-17(14-8-9-14)11-32(21(18)30-12-31-22)16-7-5-6-15(26)10-16/h5-7,10-14,19-20H,8-9H2,1-4H3,(H,35,36). The van der Waals surface area contributed by atoms with Gasteiger partial charge in [-0.05, 0) is 49.4 Å². The normalized spacial score (nSPS) is 27.1. The summed E-state index contributed by atoms with van der Waals surface area (Å²) < 4.78 is 49.8. The molecule has 5 rings (SSSR count). The van der Waals surface area contributed by atoms with Gasteiger partial charge in [-0.2, -0.15) is 0 Å². The molecule has 192 valence electrons. The summed E-state index contributed by atoms with van der Waals surface area (Å²) in [7, 11) is 0. The fourth-order valence-corrected chi connectivity index (χ4v) is 5.55. The lowest BCUT2D eigenvalue weighted by Crippen LogP contribution is -2.75. The Balaban J connectivity index is 1.75. The van der Waals surface area contributed by atoms with Crippen LogP contribution in [0.25, 0.3) is 16.7 Å². The van der Waals surface area contributed by atoms with Crippen LogP contribution >= 0.6 is 11.6 Å². The molecule has 2 fully saturated rings. The fourth-order valence-electron chi connectivity index (χ4n) is 5.36. The Morgan fingerprint density at radius 1 is 1.19 bits per heavy atom. The summed E-state index contributed by atoms with van der Waals surface area (Å²) in [6.45, 7) is 5.75. The summed E-state index contributed by atoms with van der Waals surface area (Å²) in [5.41, 5.74) is 0.629. The molecule has 3 aromatic rings. The lowest BCUT2D eigenvalue weighted by atomic mass is 9.77. The number of halogens is 4. The van der Waals surface area contributed by atoms with Crippen molar-refractivity contribution < 1.29 is 23.1 Å². The van der Waals surface area contributed by atoms with E-state index in [0.29, 0.717) is 16.1 Å². The maximum Gasteiger partial charge on any atom is 0.412 e. The molecule has 1 aliphatic carbocycles. The third kappa shape index (κ3) is 3.52. The third-order valence-electron chi connectivity index (χ3n) is 7.26. The Hall–Kier alpha value is -3.01. The summed E-state index contributed by atoms with van der Waals surface area (Å²) in [6, 6.07) is 5.73. The van der Waals surface area contributed by atoms with Gasteiger partial charge in [-0.1, -0.05) is 38.4 Å². The van der Waals surface area contributed by atoms with Crippen molar-refractivity contribution in [3.8, 4) is 5.69 Å². The zero-order valence-electron chi connectivity index (χ0n) is 20.3. The Labute approximate surface area is 211 Å². The van der Waals surface area contributed by atoms with Gasteiger partial charge < -0.3 is 14.6 Å². The van der Waals surface area contributed by atoms with Gasteiger partial charge in [-0.3, -0.25) is 0 Å². The summed E-state index contributed by atoms with van der Waals surface area (Å²) in [5, 5.41) is 10.7. The molecule has 1 amide bonds. The first-order chi connectivity index (χ1) is 16.9. The number of carbonyl (C=O) groups is 1. The van der Waals surface area contributed by atoms with Crippen LogP contribution < -0.4 is 4.90 Å². The first-order valence-corrected chi connectivity index (χ1v) is 12.1. The number of benzene rings is 1. The highest BCUT2D eigenvalue weighted by molar-refractivity contribution is 6.30. The van der Waals surface area contributed by atoms with Crippen LogP contribution in [-0.4, -0.2) is 55.1 Å². The largest absolute Gasteiger partial charge is 0.465 e. The highest BCUT2D eigenvalue weighted by Crippen LogP contribution is 2.51. The number of amides is 1. The summed E-state index contributed by atoms with van der Waals surface area (Å²) in [6.07, 6.45) is -2.20. The molecular formula is C25H27ClF3N5O2. The van der Waals surface area contributed by atoms with E-state index in [1.807, 2.05) is 16.8 Å². The number of fused-ring (bicyclic) bond motifs is 1. The van der Waals surface area contributed by atoms with Crippen LogP contribution in [0, 0.1) is 5.41 Å². The van der Waals surface area contributed by atoms with Gasteiger partial charge >= 0.3 is 6.09 Å². The Morgan fingerprint density at radius 3 is 2.47 bits per heavy atom. The second-order valence-corrected chi connectivity index (χ2v) is 10.9. The van der Waals surface area contributed by atoms with E-state index in [9.17, 15) is 9.90 Å². The number of hydrogen-bond donors (Lipinski definition) is 1. The molecule has 0 radical (unpaired) electrons. The lowest BCUT2D eigenvalue weighted by Gasteiger charge is -2.57.